The Kier molecular flexibility index (Phi) is 5.71. The predicted octanol–water partition coefficient (Wildman–Crippen LogP) is 4.79. The van der Waals surface area contributed by atoms with Gasteiger partial charge in [0.25, 0.3) is 0 Å². The fourth-order valence-electron chi connectivity index (χ4n) is 1.77. The Bertz CT molecular complexity index is 543. The third kappa shape index (κ3) is 5.61. The summed E-state index contributed by atoms with van der Waals surface area (Å²) in [6, 6.07) is 12.7. The first-order valence-electron chi connectivity index (χ1n) is 6.68. The molecule has 0 aliphatic rings. The summed E-state index contributed by atoms with van der Waals surface area (Å²) < 4.78 is 30.6. The number of hydrogen-bond donors (Lipinski definition) is 0. The monoisotopic (exact) mass is 286 g/mol. The highest BCUT2D eigenvalue weighted by molar-refractivity contribution is 5.19. The summed E-state index contributed by atoms with van der Waals surface area (Å²) in [6.45, 7) is 0. The maximum Gasteiger partial charge on any atom is 0.123 e. The van der Waals surface area contributed by atoms with Crippen molar-refractivity contribution >= 4 is 0 Å². The molecule has 0 atom stereocenters. The number of hydrogen-bond acceptors (Lipinski definition) is 1. The molecule has 0 saturated carbocycles. The first kappa shape index (κ1) is 15.0. The molecular formula is C18H16F2O. The van der Waals surface area contributed by atoms with Crippen LogP contribution in [0.1, 0.15) is 11.1 Å². The molecule has 3 heteroatoms. The third-order valence-electron chi connectivity index (χ3n) is 2.88. The van der Waals surface area contributed by atoms with Gasteiger partial charge in [0.2, 0.25) is 0 Å². The summed E-state index contributed by atoms with van der Waals surface area (Å²) in [6.07, 6.45) is 8.26. The molecule has 0 amide bonds. The van der Waals surface area contributed by atoms with E-state index in [1.165, 1.54) is 24.3 Å². The van der Waals surface area contributed by atoms with Gasteiger partial charge in [0, 0.05) is 0 Å². The molecular weight excluding hydrogens is 270 g/mol. The van der Waals surface area contributed by atoms with Crippen molar-refractivity contribution in [1.29, 1.82) is 0 Å². The van der Waals surface area contributed by atoms with E-state index in [4.69, 9.17) is 4.74 Å². The molecule has 21 heavy (non-hydrogen) atoms. The molecule has 0 unspecified atom stereocenters. The molecule has 0 heterocycles. The predicted molar refractivity (Wildman–Crippen MR) is 79.6 cm³/mol. The van der Waals surface area contributed by atoms with E-state index in [-0.39, 0.29) is 11.6 Å². The fourth-order valence-corrected chi connectivity index (χ4v) is 1.77. The second-order valence-corrected chi connectivity index (χ2v) is 4.54. The minimum Gasteiger partial charge on any atom is -0.473 e. The van der Waals surface area contributed by atoms with Gasteiger partial charge in [0.05, 0.1) is 12.5 Å². The first-order chi connectivity index (χ1) is 10.2. The zero-order valence-corrected chi connectivity index (χ0v) is 11.5. The number of rotatable bonds is 6. The van der Waals surface area contributed by atoms with E-state index in [0.29, 0.717) is 12.8 Å². The molecule has 0 aromatic heterocycles. The Labute approximate surface area is 123 Å². The topological polar surface area (TPSA) is 9.23 Å². The highest BCUT2D eigenvalue weighted by Crippen LogP contribution is 2.05. The van der Waals surface area contributed by atoms with Crippen molar-refractivity contribution in [1.82, 2.24) is 0 Å². The molecule has 0 bridgehead atoms. The highest BCUT2D eigenvalue weighted by atomic mass is 19.1. The van der Waals surface area contributed by atoms with Gasteiger partial charge < -0.3 is 4.74 Å². The Morgan fingerprint density at radius 1 is 0.667 bits per heavy atom. The van der Waals surface area contributed by atoms with E-state index < -0.39 is 0 Å². The zero-order valence-electron chi connectivity index (χ0n) is 11.5. The molecule has 1 nitrogen and oxygen atoms in total. The van der Waals surface area contributed by atoms with Crippen molar-refractivity contribution < 1.29 is 13.5 Å². The average molecular weight is 286 g/mol. The van der Waals surface area contributed by atoms with Gasteiger partial charge >= 0.3 is 0 Å². The van der Waals surface area contributed by atoms with Crippen molar-refractivity contribution in [2.45, 2.75) is 12.8 Å². The van der Waals surface area contributed by atoms with E-state index in [2.05, 4.69) is 0 Å². The Balaban J connectivity index is 1.68. The first-order valence-corrected chi connectivity index (χ1v) is 6.68. The third-order valence-corrected chi connectivity index (χ3v) is 2.88. The summed E-state index contributed by atoms with van der Waals surface area (Å²) >= 11 is 0. The van der Waals surface area contributed by atoms with Gasteiger partial charge in [-0.05, 0) is 60.4 Å². The van der Waals surface area contributed by atoms with Crippen LogP contribution in [0, 0.1) is 11.6 Å². The second-order valence-electron chi connectivity index (χ2n) is 4.54. The van der Waals surface area contributed by atoms with Gasteiger partial charge in [-0.25, -0.2) is 8.78 Å². The Morgan fingerprint density at radius 2 is 1.05 bits per heavy atom. The van der Waals surface area contributed by atoms with Crippen molar-refractivity contribution in [3.8, 4) is 0 Å². The van der Waals surface area contributed by atoms with Crippen LogP contribution in [-0.4, -0.2) is 0 Å². The van der Waals surface area contributed by atoms with Crippen molar-refractivity contribution in [2.24, 2.45) is 0 Å². The molecule has 2 rings (SSSR count). The van der Waals surface area contributed by atoms with E-state index in [1.54, 1.807) is 36.8 Å². The van der Waals surface area contributed by atoms with Crippen LogP contribution < -0.4 is 0 Å². The van der Waals surface area contributed by atoms with Crippen LogP contribution in [0.4, 0.5) is 8.78 Å². The number of ether oxygens (including phenoxy) is 1. The molecule has 0 fully saturated rings. The van der Waals surface area contributed by atoms with E-state index >= 15 is 0 Å². The minimum atomic E-state index is -0.234. The van der Waals surface area contributed by atoms with E-state index in [1.807, 2.05) is 12.2 Å². The quantitative estimate of drug-likeness (QED) is 0.693. The molecule has 2 aromatic carbocycles. The van der Waals surface area contributed by atoms with Gasteiger partial charge in [-0.1, -0.05) is 24.3 Å². The van der Waals surface area contributed by atoms with Gasteiger partial charge in [0.15, 0.2) is 0 Å². The second kappa shape index (κ2) is 8.00. The lowest BCUT2D eigenvalue weighted by molar-refractivity contribution is 0.399. The lowest BCUT2D eigenvalue weighted by Gasteiger charge is -1.96. The fraction of sp³-hybridized carbons (Fsp3) is 0.111. The van der Waals surface area contributed by atoms with Gasteiger partial charge in [-0.2, -0.15) is 0 Å². The summed E-state index contributed by atoms with van der Waals surface area (Å²) in [5.74, 6) is -0.467. The molecule has 0 aliphatic heterocycles. The van der Waals surface area contributed by atoms with Crippen LogP contribution in [0.5, 0.6) is 0 Å². The van der Waals surface area contributed by atoms with Gasteiger partial charge in [-0.3, -0.25) is 0 Å². The standard InChI is InChI=1S/C18H16F2O/c19-17-9-5-15(6-10-17)3-1-13-21-14-2-4-16-7-11-18(20)12-8-16/h1-2,5-14H,3-4H2. The minimum absolute atomic E-state index is 0.234. The van der Waals surface area contributed by atoms with E-state index in [0.717, 1.165) is 11.1 Å². The van der Waals surface area contributed by atoms with Crippen molar-refractivity contribution in [2.75, 3.05) is 0 Å². The maximum absolute atomic E-state index is 12.7. The zero-order chi connectivity index (χ0) is 14.9. The summed E-state index contributed by atoms with van der Waals surface area (Å²) in [4.78, 5) is 0. The SMILES string of the molecule is Fc1ccc(CC=COC=CCc2ccc(F)cc2)cc1. The number of allylic oxidation sites excluding steroid dienone is 2. The highest BCUT2D eigenvalue weighted by Gasteiger charge is 1.91. The summed E-state index contributed by atoms with van der Waals surface area (Å²) in [7, 11) is 0. The largest absolute Gasteiger partial charge is 0.473 e. The maximum atomic E-state index is 12.7. The number of halogens is 2. The molecule has 0 radical (unpaired) electrons. The van der Waals surface area contributed by atoms with E-state index in [9.17, 15) is 8.78 Å². The Hall–Kier alpha value is -2.42. The van der Waals surface area contributed by atoms with Crippen LogP contribution in [-0.2, 0) is 17.6 Å². The van der Waals surface area contributed by atoms with Crippen molar-refractivity contribution in [3.05, 3.63) is 96.0 Å². The lowest BCUT2D eigenvalue weighted by Crippen LogP contribution is -1.82. The molecule has 108 valence electrons. The van der Waals surface area contributed by atoms with Crippen molar-refractivity contribution in [3.63, 3.8) is 0 Å². The van der Waals surface area contributed by atoms with Crippen LogP contribution in [0.2, 0.25) is 0 Å². The van der Waals surface area contributed by atoms with Gasteiger partial charge in [0.1, 0.15) is 11.6 Å². The van der Waals surface area contributed by atoms with Gasteiger partial charge in [-0.15, -0.1) is 0 Å². The molecule has 0 aliphatic carbocycles. The van der Waals surface area contributed by atoms with Crippen LogP contribution in [0.15, 0.2) is 73.2 Å². The van der Waals surface area contributed by atoms with Crippen LogP contribution in [0.25, 0.3) is 0 Å². The summed E-state index contributed by atoms with van der Waals surface area (Å²) in [5.41, 5.74) is 2.04. The molecule has 0 spiro atoms. The number of benzene rings is 2. The molecule has 0 N–H and O–H groups in total. The summed E-state index contributed by atoms with van der Waals surface area (Å²) in [5, 5.41) is 0. The average Bonchev–Trinajstić information content (AvgIpc) is 2.50. The van der Waals surface area contributed by atoms with Crippen LogP contribution >= 0.6 is 0 Å². The molecule has 2 aromatic rings. The Morgan fingerprint density at radius 3 is 1.43 bits per heavy atom. The smallest absolute Gasteiger partial charge is 0.123 e. The lowest BCUT2D eigenvalue weighted by atomic mass is 10.1. The van der Waals surface area contributed by atoms with Crippen LogP contribution in [0.3, 0.4) is 0 Å². The normalized spacial score (nSPS) is 11.3. The molecule has 0 saturated heterocycles.